The van der Waals surface area contributed by atoms with E-state index in [1.54, 1.807) is 12.4 Å². The summed E-state index contributed by atoms with van der Waals surface area (Å²) in [6.45, 7) is 4.64. The van der Waals surface area contributed by atoms with Gasteiger partial charge in [-0.25, -0.2) is 0 Å². The molecule has 0 aromatic carbocycles. The van der Waals surface area contributed by atoms with Gasteiger partial charge in [0.2, 0.25) is 0 Å². The molecule has 84 valence electrons. The van der Waals surface area contributed by atoms with Gasteiger partial charge in [0.05, 0.1) is 0 Å². The van der Waals surface area contributed by atoms with Gasteiger partial charge in [-0.2, -0.15) is 5.10 Å². The number of H-pyrrole nitrogens is 1. The van der Waals surface area contributed by atoms with E-state index < -0.39 is 0 Å². The highest BCUT2D eigenvalue weighted by Gasteiger charge is 1.93. The molecule has 0 radical (unpaired) electrons. The Labute approximate surface area is 91.2 Å². The van der Waals surface area contributed by atoms with Crippen molar-refractivity contribution in [3.05, 3.63) is 30.6 Å². The number of nitrogens with zero attached hydrogens (tertiary/aromatic N) is 1. The SMILES string of the molecule is C1=CCNC1.C1CCNC1.c1cn[nH]c1. The minimum Gasteiger partial charge on any atom is -0.317 e. The van der Waals surface area contributed by atoms with Crippen molar-refractivity contribution in [3.8, 4) is 0 Å². The van der Waals surface area contributed by atoms with Crippen molar-refractivity contribution < 1.29 is 0 Å². The molecule has 2 aliphatic rings. The van der Waals surface area contributed by atoms with Gasteiger partial charge in [0.15, 0.2) is 0 Å². The van der Waals surface area contributed by atoms with Gasteiger partial charge in [0, 0.05) is 25.5 Å². The first-order valence-electron chi connectivity index (χ1n) is 5.50. The number of nitrogens with one attached hydrogen (secondary N) is 3. The maximum absolute atomic E-state index is 3.60. The highest BCUT2D eigenvalue weighted by atomic mass is 15.1. The second-order valence-electron chi connectivity index (χ2n) is 3.35. The van der Waals surface area contributed by atoms with Crippen LogP contribution in [0, 0.1) is 0 Å². The zero-order valence-electron chi connectivity index (χ0n) is 9.08. The van der Waals surface area contributed by atoms with Gasteiger partial charge in [-0.05, 0) is 32.0 Å². The summed E-state index contributed by atoms with van der Waals surface area (Å²) in [4.78, 5) is 0. The number of rotatable bonds is 0. The first-order valence-corrected chi connectivity index (χ1v) is 5.50. The molecule has 1 saturated heterocycles. The van der Waals surface area contributed by atoms with Crippen molar-refractivity contribution in [2.45, 2.75) is 12.8 Å². The van der Waals surface area contributed by atoms with E-state index in [0.29, 0.717) is 0 Å². The van der Waals surface area contributed by atoms with E-state index in [1.807, 2.05) is 6.07 Å². The van der Waals surface area contributed by atoms with E-state index in [1.165, 1.54) is 25.9 Å². The Hall–Kier alpha value is -1.13. The summed E-state index contributed by atoms with van der Waals surface area (Å²) in [5.74, 6) is 0. The van der Waals surface area contributed by atoms with Crippen LogP contribution in [-0.2, 0) is 0 Å². The van der Waals surface area contributed by atoms with Crippen molar-refractivity contribution in [2.75, 3.05) is 26.2 Å². The molecule has 1 aromatic rings. The summed E-state index contributed by atoms with van der Waals surface area (Å²) < 4.78 is 0. The summed E-state index contributed by atoms with van der Waals surface area (Å²) in [5.41, 5.74) is 0. The summed E-state index contributed by atoms with van der Waals surface area (Å²) in [7, 11) is 0. The normalized spacial score (nSPS) is 17.6. The third-order valence-electron chi connectivity index (χ3n) is 2.05. The fraction of sp³-hybridized carbons (Fsp3) is 0.545. The lowest BCUT2D eigenvalue weighted by Gasteiger charge is -1.77. The second kappa shape index (κ2) is 9.43. The van der Waals surface area contributed by atoms with E-state index in [4.69, 9.17) is 0 Å². The Balaban J connectivity index is 0.000000112. The fourth-order valence-electron chi connectivity index (χ4n) is 1.26. The Morgan fingerprint density at radius 2 is 1.67 bits per heavy atom. The fourth-order valence-corrected chi connectivity index (χ4v) is 1.26. The largest absolute Gasteiger partial charge is 0.317 e. The van der Waals surface area contributed by atoms with Gasteiger partial charge in [0.25, 0.3) is 0 Å². The Morgan fingerprint density at radius 3 is 1.87 bits per heavy atom. The van der Waals surface area contributed by atoms with Crippen LogP contribution < -0.4 is 10.6 Å². The van der Waals surface area contributed by atoms with E-state index in [9.17, 15) is 0 Å². The van der Waals surface area contributed by atoms with E-state index >= 15 is 0 Å². The molecule has 0 aliphatic carbocycles. The molecule has 4 heteroatoms. The van der Waals surface area contributed by atoms with Gasteiger partial charge in [-0.1, -0.05) is 12.2 Å². The molecule has 15 heavy (non-hydrogen) atoms. The topological polar surface area (TPSA) is 52.7 Å². The van der Waals surface area contributed by atoms with Crippen molar-refractivity contribution >= 4 is 0 Å². The van der Waals surface area contributed by atoms with Crippen LogP contribution in [0.15, 0.2) is 30.6 Å². The van der Waals surface area contributed by atoms with Gasteiger partial charge < -0.3 is 10.6 Å². The third-order valence-corrected chi connectivity index (χ3v) is 2.05. The standard InChI is InChI=1S/C4H9N.C4H7N.C3H4N2/c3*1-2-4-5-3-1/h5H,1-4H2;1-2,5H,3-4H2;1-3H,(H,4,5). The predicted molar refractivity (Wildman–Crippen MR) is 62.7 cm³/mol. The highest BCUT2D eigenvalue weighted by molar-refractivity contribution is 4.92. The van der Waals surface area contributed by atoms with Crippen molar-refractivity contribution in [2.24, 2.45) is 0 Å². The van der Waals surface area contributed by atoms with Crippen LogP contribution in [0.25, 0.3) is 0 Å². The highest BCUT2D eigenvalue weighted by Crippen LogP contribution is 1.90. The van der Waals surface area contributed by atoms with Crippen LogP contribution in [0.1, 0.15) is 12.8 Å². The molecular weight excluding hydrogens is 188 g/mol. The first-order chi connectivity index (χ1) is 7.50. The van der Waals surface area contributed by atoms with E-state index in [-0.39, 0.29) is 0 Å². The summed E-state index contributed by atoms with van der Waals surface area (Å²) >= 11 is 0. The van der Waals surface area contributed by atoms with Crippen molar-refractivity contribution in [1.29, 1.82) is 0 Å². The lowest BCUT2D eigenvalue weighted by molar-refractivity contribution is 0.857. The molecule has 3 N–H and O–H groups in total. The molecule has 3 rings (SSSR count). The predicted octanol–water partition coefficient (Wildman–Crippen LogP) is 0.925. The lowest BCUT2D eigenvalue weighted by atomic mass is 10.4. The minimum absolute atomic E-state index is 1.07. The van der Waals surface area contributed by atoms with Crippen LogP contribution >= 0.6 is 0 Å². The second-order valence-corrected chi connectivity index (χ2v) is 3.35. The van der Waals surface area contributed by atoms with Gasteiger partial charge >= 0.3 is 0 Å². The summed E-state index contributed by atoms with van der Waals surface area (Å²) in [5, 5.41) is 12.5. The molecule has 0 saturated carbocycles. The number of hydrogen-bond donors (Lipinski definition) is 3. The number of hydrogen-bond acceptors (Lipinski definition) is 3. The number of aromatic amines is 1. The molecule has 0 unspecified atom stereocenters. The van der Waals surface area contributed by atoms with Crippen LogP contribution in [0.3, 0.4) is 0 Å². The molecule has 0 bridgehead atoms. The average Bonchev–Trinajstić information content (AvgIpc) is 3.09. The van der Waals surface area contributed by atoms with Gasteiger partial charge in [0.1, 0.15) is 0 Å². The lowest BCUT2D eigenvalue weighted by Crippen LogP contribution is -2.04. The monoisotopic (exact) mass is 208 g/mol. The van der Waals surface area contributed by atoms with Crippen LogP contribution in [0.2, 0.25) is 0 Å². The Kier molecular flexibility index (Phi) is 7.50. The first kappa shape index (κ1) is 11.9. The molecule has 3 heterocycles. The van der Waals surface area contributed by atoms with Crippen molar-refractivity contribution in [3.63, 3.8) is 0 Å². The third kappa shape index (κ3) is 7.90. The average molecular weight is 208 g/mol. The minimum atomic E-state index is 1.07. The molecule has 1 fully saturated rings. The summed E-state index contributed by atoms with van der Waals surface area (Å²) in [6, 6.07) is 1.83. The zero-order chi connectivity index (χ0) is 10.6. The molecule has 0 spiro atoms. The molecule has 1 aromatic heterocycles. The maximum atomic E-state index is 3.60. The van der Waals surface area contributed by atoms with E-state index in [0.717, 1.165) is 13.1 Å². The van der Waals surface area contributed by atoms with Crippen LogP contribution in [0.4, 0.5) is 0 Å². The van der Waals surface area contributed by atoms with Crippen LogP contribution in [-0.4, -0.2) is 36.4 Å². The number of aromatic nitrogens is 2. The van der Waals surface area contributed by atoms with Crippen LogP contribution in [0.5, 0.6) is 0 Å². The maximum Gasteiger partial charge on any atom is 0.0487 e. The molecule has 0 atom stereocenters. The molecule has 4 nitrogen and oxygen atoms in total. The van der Waals surface area contributed by atoms with Crippen molar-refractivity contribution in [1.82, 2.24) is 20.8 Å². The zero-order valence-corrected chi connectivity index (χ0v) is 9.08. The van der Waals surface area contributed by atoms with Gasteiger partial charge in [-0.3, -0.25) is 5.10 Å². The summed E-state index contributed by atoms with van der Waals surface area (Å²) in [6.07, 6.45) is 10.5. The smallest absolute Gasteiger partial charge is 0.0487 e. The Morgan fingerprint density at radius 1 is 0.933 bits per heavy atom. The molecular formula is C11H20N4. The molecule has 0 amide bonds. The van der Waals surface area contributed by atoms with E-state index in [2.05, 4.69) is 33.0 Å². The Bertz CT molecular complexity index is 196. The quantitative estimate of drug-likeness (QED) is 0.556. The van der Waals surface area contributed by atoms with Gasteiger partial charge in [-0.15, -0.1) is 0 Å². The molecule has 2 aliphatic heterocycles.